The van der Waals surface area contributed by atoms with Gasteiger partial charge < -0.3 is 10.0 Å². The Morgan fingerprint density at radius 3 is 2.80 bits per heavy atom. The summed E-state index contributed by atoms with van der Waals surface area (Å²) in [5.74, 6) is -1.05. The number of hydrogen-bond acceptors (Lipinski definition) is 3. The molecule has 1 aliphatic rings. The molecule has 1 atom stereocenters. The maximum absolute atomic E-state index is 12.6. The molecule has 1 saturated heterocycles. The number of thiophene rings is 1. The lowest BCUT2D eigenvalue weighted by atomic mass is 10.1. The Labute approximate surface area is 120 Å². The first-order valence-corrected chi connectivity index (χ1v) is 7.43. The minimum absolute atomic E-state index is 0.145. The molecule has 4 nitrogen and oxygen atoms in total. The zero-order valence-electron chi connectivity index (χ0n) is 11.1. The quantitative estimate of drug-likeness (QED) is 0.924. The van der Waals surface area contributed by atoms with Crippen LogP contribution in [-0.2, 0) is 4.79 Å². The number of carboxylic acid groups (broad SMARTS) is 1. The third-order valence-corrected chi connectivity index (χ3v) is 5.10. The van der Waals surface area contributed by atoms with Crippen molar-refractivity contribution >= 4 is 33.3 Å². The molecule has 2 aromatic rings. The molecule has 3 rings (SSSR count). The number of amides is 1. The summed E-state index contributed by atoms with van der Waals surface area (Å²) in [6.45, 7) is 2.46. The molecule has 0 unspecified atom stereocenters. The molecular formula is C15H15NO3S. The van der Waals surface area contributed by atoms with Crippen molar-refractivity contribution in [1.29, 1.82) is 0 Å². The highest BCUT2D eigenvalue weighted by Crippen LogP contribution is 2.33. The fourth-order valence-electron chi connectivity index (χ4n) is 2.78. The summed E-state index contributed by atoms with van der Waals surface area (Å²) < 4.78 is 1.07. The smallest absolute Gasteiger partial charge is 0.326 e. The van der Waals surface area contributed by atoms with E-state index >= 15 is 0 Å². The molecule has 1 aromatic carbocycles. The maximum atomic E-state index is 12.6. The summed E-state index contributed by atoms with van der Waals surface area (Å²) in [5, 5.41) is 10.3. The Balaban J connectivity index is 2.00. The number of benzene rings is 1. The largest absolute Gasteiger partial charge is 0.480 e. The molecule has 0 saturated carbocycles. The molecule has 0 bridgehead atoms. The van der Waals surface area contributed by atoms with Crippen molar-refractivity contribution in [2.45, 2.75) is 25.8 Å². The van der Waals surface area contributed by atoms with Crippen LogP contribution in [0.25, 0.3) is 10.1 Å². The number of aliphatic carboxylic acids is 1. The topological polar surface area (TPSA) is 57.6 Å². The van der Waals surface area contributed by atoms with E-state index in [0.717, 1.165) is 22.1 Å². The minimum atomic E-state index is -0.908. The highest BCUT2D eigenvalue weighted by Gasteiger charge is 2.35. The summed E-state index contributed by atoms with van der Waals surface area (Å²) in [6, 6.07) is 7.21. The van der Waals surface area contributed by atoms with Crippen molar-refractivity contribution in [3.63, 3.8) is 0 Å². The zero-order valence-corrected chi connectivity index (χ0v) is 11.9. The number of carbonyl (C=O) groups excluding carboxylic acids is 1. The van der Waals surface area contributed by atoms with Crippen LogP contribution in [0.1, 0.15) is 28.1 Å². The average molecular weight is 289 g/mol. The third kappa shape index (κ3) is 1.98. The summed E-state index contributed by atoms with van der Waals surface area (Å²) in [7, 11) is 0. The number of rotatable bonds is 2. The molecule has 0 radical (unpaired) electrons. The fraction of sp³-hybridized carbons (Fsp3) is 0.333. The van der Waals surface area contributed by atoms with Crippen LogP contribution in [0.3, 0.4) is 0 Å². The van der Waals surface area contributed by atoms with E-state index in [0.29, 0.717) is 17.8 Å². The lowest BCUT2D eigenvalue weighted by molar-refractivity contribution is -0.141. The Bertz CT molecular complexity index is 691. The Kier molecular flexibility index (Phi) is 3.22. The average Bonchev–Trinajstić information content (AvgIpc) is 3.04. The van der Waals surface area contributed by atoms with Crippen LogP contribution in [0.5, 0.6) is 0 Å². The van der Waals surface area contributed by atoms with Gasteiger partial charge >= 0.3 is 5.97 Å². The number of carbonyl (C=O) groups is 2. The minimum Gasteiger partial charge on any atom is -0.480 e. The monoisotopic (exact) mass is 289 g/mol. The zero-order chi connectivity index (χ0) is 14.3. The van der Waals surface area contributed by atoms with Gasteiger partial charge in [-0.25, -0.2) is 4.79 Å². The second-order valence-corrected chi connectivity index (χ2v) is 6.10. The van der Waals surface area contributed by atoms with Crippen LogP contribution < -0.4 is 0 Å². The summed E-state index contributed by atoms with van der Waals surface area (Å²) >= 11 is 1.45. The SMILES string of the molecule is Cc1c(C(=O)N2CCC[C@H]2C(=O)O)sc2ccccc12. The number of aryl methyl sites for hydroxylation is 1. The second-order valence-electron chi connectivity index (χ2n) is 5.05. The fourth-order valence-corrected chi connectivity index (χ4v) is 3.94. The number of fused-ring (bicyclic) bond motifs is 1. The molecule has 20 heavy (non-hydrogen) atoms. The van der Waals surface area contributed by atoms with Crippen LogP contribution in [0, 0.1) is 6.92 Å². The van der Waals surface area contributed by atoms with E-state index in [9.17, 15) is 14.7 Å². The van der Waals surface area contributed by atoms with Crippen molar-refractivity contribution in [2.75, 3.05) is 6.54 Å². The molecule has 0 aliphatic carbocycles. The molecule has 5 heteroatoms. The van der Waals surface area contributed by atoms with Crippen LogP contribution in [-0.4, -0.2) is 34.5 Å². The van der Waals surface area contributed by atoms with Crippen molar-refractivity contribution in [2.24, 2.45) is 0 Å². The third-order valence-electron chi connectivity index (χ3n) is 3.84. The van der Waals surface area contributed by atoms with Crippen molar-refractivity contribution < 1.29 is 14.7 Å². The van der Waals surface area contributed by atoms with Crippen LogP contribution >= 0.6 is 11.3 Å². The van der Waals surface area contributed by atoms with Crippen molar-refractivity contribution in [3.8, 4) is 0 Å². The normalized spacial score (nSPS) is 18.6. The van der Waals surface area contributed by atoms with Crippen LogP contribution in [0.15, 0.2) is 24.3 Å². The molecule has 0 spiro atoms. The highest BCUT2D eigenvalue weighted by molar-refractivity contribution is 7.21. The molecule has 104 valence electrons. The van der Waals surface area contributed by atoms with E-state index in [2.05, 4.69) is 0 Å². The van der Waals surface area contributed by atoms with Crippen LogP contribution in [0.4, 0.5) is 0 Å². The number of nitrogens with zero attached hydrogens (tertiary/aromatic N) is 1. The van der Waals surface area contributed by atoms with Gasteiger partial charge in [0, 0.05) is 11.2 Å². The molecule has 1 amide bonds. The van der Waals surface area contributed by atoms with Gasteiger partial charge in [-0.05, 0) is 36.8 Å². The number of carboxylic acids is 1. The molecule has 1 aromatic heterocycles. The van der Waals surface area contributed by atoms with Gasteiger partial charge in [-0.2, -0.15) is 0 Å². The van der Waals surface area contributed by atoms with Gasteiger partial charge in [-0.15, -0.1) is 11.3 Å². The van der Waals surface area contributed by atoms with Gasteiger partial charge in [0.2, 0.25) is 0 Å². The second kappa shape index (κ2) is 4.90. The molecule has 1 aliphatic heterocycles. The first-order chi connectivity index (χ1) is 9.59. The Morgan fingerprint density at radius 2 is 2.10 bits per heavy atom. The predicted molar refractivity (Wildman–Crippen MR) is 78.3 cm³/mol. The van der Waals surface area contributed by atoms with E-state index in [1.54, 1.807) is 0 Å². The number of hydrogen-bond donors (Lipinski definition) is 1. The summed E-state index contributed by atoms with van der Waals surface area (Å²) in [5.41, 5.74) is 0.951. The lowest BCUT2D eigenvalue weighted by Crippen LogP contribution is -2.40. The summed E-state index contributed by atoms with van der Waals surface area (Å²) in [6.07, 6.45) is 1.30. The predicted octanol–water partition coefficient (Wildman–Crippen LogP) is 2.90. The van der Waals surface area contributed by atoms with E-state index < -0.39 is 12.0 Å². The van der Waals surface area contributed by atoms with Crippen molar-refractivity contribution in [1.82, 2.24) is 4.90 Å². The summed E-state index contributed by atoms with van der Waals surface area (Å²) in [4.78, 5) is 26.0. The van der Waals surface area contributed by atoms with E-state index in [1.165, 1.54) is 16.2 Å². The first-order valence-electron chi connectivity index (χ1n) is 6.61. The molecular weight excluding hydrogens is 274 g/mol. The van der Waals surface area contributed by atoms with E-state index in [4.69, 9.17) is 0 Å². The standard InChI is InChI=1S/C15H15NO3S/c1-9-10-5-2-3-7-12(10)20-13(9)14(17)16-8-4-6-11(16)15(18)19/h2-3,5,7,11H,4,6,8H2,1H3,(H,18,19)/t11-/m0/s1. The maximum Gasteiger partial charge on any atom is 0.326 e. The highest BCUT2D eigenvalue weighted by atomic mass is 32.1. The van der Waals surface area contributed by atoms with Gasteiger partial charge in [0.25, 0.3) is 5.91 Å². The lowest BCUT2D eigenvalue weighted by Gasteiger charge is -2.21. The van der Waals surface area contributed by atoms with Crippen molar-refractivity contribution in [3.05, 3.63) is 34.7 Å². The van der Waals surface area contributed by atoms with Gasteiger partial charge in [0.15, 0.2) is 0 Å². The van der Waals surface area contributed by atoms with Gasteiger partial charge in [-0.1, -0.05) is 18.2 Å². The van der Waals surface area contributed by atoms with Gasteiger partial charge in [0.05, 0.1) is 4.88 Å². The number of likely N-dealkylation sites (tertiary alicyclic amines) is 1. The van der Waals surface area contributed by atoms with E-state index in [1.807, 2.05) is 31.2 Å². The molecule has 1 fully saturated rings. The Morgan fingerprint density at radius 1 is 1.35 bits per heavy atom. The first kappa shape index (κ1) is 13.1. The van der Waals surface area contributed by atoms with Gasteiger partial charge in [-0.3, -0.25) is 4.79 Å². The molecule has 1 N–H and O–H groups in total. The van der Waals surface area contributed by atoms with Crippen LogP contribution in [0.2, 0.25) is 0 Å². The van der Waals surface area contributed by atoms with E-state index in [-0.39, 0.29) is 5.91 Å². The molecule has 2 heterocycles. The van der Waals surface area contributed by atoms with Gasteiger partial charge in [0.1, 0.15) is 6.04 Å². The Hall–Kier alpha value is -1.88.